The third kappa shape index (κ3) is 2.09. The van der Waals surface area contributed by atoms with Crippen molar-refractivity contribution in [2.45, 2.75) is 25.3 Å². The van der Waals surface area contributed by atoms with Crippen molar-refractivity contribution in [3.8, 4) is 0 Å². The second kappa shape index (κ2) is 4.19. The Hall–Kier alpha value is -1.16. The molecule has 1 heterocycles. The molecule has 0 aromatic heterocycles. The standard InChI is InChI=1S/C14H18F2N2/c1-14(10-2-3-10)9-18(7-6-17-14)13-8-11(15)4-5-12(13)16/h4-5,8,10,17H,2-3,6-7,9H2,1H3. The second-order valence-electron chi connectivity index (χ2n) is 5.64. The van der Waals surface area contributed by atoms with E-state index in [1.807, 2.05) is 4.90 Å². The number of benzene rings is 1. The van der Waals surface area contributed by atoms with Crippen molar-refractivity contribution >= 4 is 5.69 Å². The minimum absolute atomic E-state index is 0.0387. The molecule has 98 valence electrons. The van der Waals surface area contributed by atoms with Gasteiger partial charge in [-0.2, -0.15) is 0 Å². The molecule has 2 fully saturated rings. The molecular weight excluding hydrogens is 234 g/mol. The van der Waals surface area contributed by atoms with Gasteiger partial charge in [-0.3, -0.25) is 0 Å². The number of anilines is 1. The predicted molar refractivity (Wildman–Crippen MR) is 67.7 cm³/mol. The molecule has 0 spiro atoms. The zero-order valence-electron chi connectivity index (χ0n) is 10.5. The fraction of sp³-hybridized carbons (Fsp3) is 0.571. The van der Waals surface area contributed by atoms with Crippen LogP contribution in [0.1, 0.15) is 19.8 Å². The molecule has 1 atom stereocenters. The van der Waals surface area contributed by atoms with Gasteiger partial charge in [0.25, 0.3) is 0 Å². The van der Waals surface area contributed by atoms with Crippen molar-refractivity contribution in [1.82, 2.24) is 5.32 Å². The van der Waals surface area contributed by atoms with Gasteiger partial charge in [-0.1, -0.05) is 0 Å². The summed E-state index contributed by atoms with van der Waals surface area (Å²) in [5, 5.41) is 3.53. The smallest absolute Gasteiger partial charge is 0.146 e. The topological polar surface area (TPSA) is 15.3 Å². The molecule has 1 aliphatic carbocycles. The highest BCUT2D eigenvalue weighted by Gasteiger charge is 2.44. The van der Waals surface area contributed by atoms with Crippen molar-refractivity contribution in [3.05, 3.63) is 29.8 Å². The molecule has 2 nitrogen and oxygen atoms in total. The maximum atomic E-state index is 13.8. The van der Waals surface area contributed by atoms with E-state index in [4.69, 9.17) is 0 Å². The van der Waals surface area contributed by atoms with E-state index in [1.54, 1.807) is 0 Å². The fourth-order valence-electron chi connectivity index (χ4n) is 2.94. The van der Waals surface area contributed by atoms with Gasteiger partial charge < -0.3 is 10.2 Å². The molecule has 1 aliphatic heterocycles. The first-order valence-electron chi connectivity index (χ1n) is 6.53. The zero-order chi connectivity index (χ0) is 12.8. The fourth-order valence-corrected chi connectivity index (χ4v) is 2.94. The van der Waals surface area contributed by atoms with Crippen LogP contribution < -0.4 is 10.2 Å². The number of piperazine rings is 1. The first-order valence-corrected chi connectivity index (χ1v) is 6.53. The molecular formula is C14H18F2N2. The summed E-state index contributed by atoms with van der Waals surface area (Å²) in [6.45, 7) is 4.48. The van der Waals surface area contributed by atoms with E-state index in [2.05, 4.69) is 12.2 Å². The van der Waals surface area contributed by atoms with Gasteiger partial charge in [-0.05, 0) is 37.8 Å². The monoisotopic (exact) mass is 252 g/mol. The SMILES string of the molecule is CC1(C2CC2)CN(c2cc(F)ccc2F)CCN1. The molecule has 1 aromatic rings. The summed E-state index contributed by atoms with van der Waals surface area (Å²) in [5.74, 6) is -0.0357. The molecule has 1 saturated carbocycles. The molecule has 1 unspecified atom stereocenters. The highest BCUT2D eigenvalue weighted by molar-refractivity contribution is 5.49. The number of nitrogens with one attached hydrogen (secondary N) is 1. The Labute approximate surface area is 106 Å². The van der Waals surface area contributed by atoms with Crippen LogP contribution in [-0.4, -0.2) is 25.2 Å². The van der Waals surface area contributed by atoms with Crippen LogP contribution in [0.4, 0.5) is 14.5 Å². The van der Waals surface area contributed by atoms with E-state index in [9.17, 15) is 8.78 Å². The van der Waals surface area contributed by atoms with Gasteiger partial charge in [-0.25, -0.2) is 8.78 Å². The predicted octanol–water partition coefficient (Wildman–Crippen LogP) is 2.54. The Kier molecular flexibility index (Phi) is 2.77. The summed E-state index contributed by atoms with van der Waals surface area (Å²) in [6.07, 6.45) is 2.48. The molecule has 0 radical (unpaired) electrons. The molecule has 0 amide bonds. The summed E-state index contributed by atoms with van der Waals surface area (Å²) in [4.78, 5) is 1.97. The van der Waals surface area contributed by atoms with Crippen molar-refractivity contribution < 1.29 is 8.78 Å². The lowest BCUT2D eigenvalue weighted by Crippen LogP contribution is -2.60. The lowest BCUT2D eigenvalue weighted by Gasteiger charge is -2.43. The molecule has 0 bridgehead atoms. The largest absolute Gasteiger partial charge is 0.366 e. The third-order valence-corrected chi connectivity index (χ3v) is 4.16. The van der Waals surface area contributed by atoms with Crippen LogP contribution in [0.2, 0.25) is 0 Å². The minimum Gasteiger partial charge on any atom is -0.366 e. The van der Waals surface area contributed by atoms with E-state index in [0.717, 1.165) is 19.6 Å². The average molecular weight is 252 g/mol. The van der Waals surface area contributed by atoms with Crippen molar-refractivity contribution in [2.75, 3.05) is 24.5 Å². The van der Waals surface area contributed by atoms with E-state index in [-0.39, 0.29) is 17.2 Å². The summed E-state index contributed by atoms with van der Waals surface area (Å²) in [6, 6.07) is 3.68. The maximum Gasteiger partial charge on any atom is 0.146 e. The lowest BCUT2D eigenvalue weighted by atomic mass is 9.92. The van der Waals surface area contributed by atoms with Crippen molar-refractivity contribution in [1.29, 1.82) is 0 Å². The van der Waals surface area contributed by atoms with Gasteiger partial charge >= 0.3 is 0 Å². The Morgan fingerprint density at radius 2 is 2.11 bits per heavy atom. The van der Waals surface area contributed by atoms with Gasteiger partial charge in [-0.15, -0.1) is 0 Å². The number of nitrogens with zero attached hydrogens (tertiary/aromatic N) is 1. The van der Waals surface area contributed by atoms with Gasteiger partial charge in [0.05, 0.1) is 5.69 Å². The molecule has 3 rings (SSSR count). The Bertz CT molecular complexity index is 459. The van der Waals surface area contributed by atoms with Crippen molar-refractivity contribution in [2.24, 2.45) is 5.92 Å². The van der Waals surface area contributed by atoms with Crippen LogP contribution in [0.15, 0.2) is 18.2 Å². The summed E-state index contributed by atoms with van der Waals surface area (Å²) in [7, 11) is 0. The van der Waals surface area contributed by atoms with Crippen molar-refractivity contribution in [3.63, 3.8) is 0 Å². The Morgan fingerprint density at radius 1 is 1.33 bits per heavy atom. The lowest BCUT2D eigenvalue weighted by molar-refractivity contribution is 0.284. The Morgan fingerprint density at radius 3 is 2.83 bits per heavy atom. The van der Waals surface area contributed by atoms with Crippen LogP contribution in [0.5, 0.6) is 0 Å². The van der Waals surface area contributed by atoms with Gasteiger partial charge in [0.15, 0.2) is 0 Å². The van der Waals surface area contributed by atoms with Crippen LogP contribution in [0.25, 0.3) is 0 Å². The Balaban J connectivity index is 1.85. The van der Waals surface area contributed by atoms with Gasteiger partial charge in [0.1, 0.15) is 11.6 Å². The van der Waals surface area contributed by atoms with Gasteiger partial charge in [0.2, 0.25) is 0 Å². The van der Waals surface area contributed by atoms with E-state index in [1.165, 1.54) is 31.0 Å². The maximum absolute atomic E-state index is 13.8. The summed E-state index contributed by atoms with van der Waals surface area (Å²) in [5.41, 5.74) is 0.431. The number of hydrogen-bond donors (Lipinski definition) is 1. The molecule has 1 saturated heterocycles. The minimum atomic E-state index is -0.377. The van der Waals surface area contributed by atoms with Crippen LogP contribution >= 0.6 is 0 Å². The number of hydrogen-bond acceptors (Lipinski definition) is 2. The van der Waals surface area contributed by atoms with Crippen LogP contribution in [0.3, 0.4) is 0 Å². The van der Waals surface area contributed by atoms with Gasteiger partial charge in [0, 0.05) is 31.2 Å². The average Bonchev–Trinajstić information content (AvgIpc) is 3.17. The summed E-state index contributed by atoms with van der Waals surface area (Å²) >= 11 is 0. The second-order valence-corrected chi connectivity index (χ2v) is 5.64. The molecule has 1 aromatic carbocycles. The van der Waals surface area contributed by atoms with E-state index >= 15 is 0 Å². The first-order chi connectivity index (χ1) is 8.58. The number of rotatable bonds is 2. The highest BCUT2D eigenvalue weighted by atomic mass is 19.1. The molecule has 1 N–H and O–H groups in total. The zero-order valence-corrected chi connectivity index (χ0v) is 10.5. The number of halogens is 2. The van der Waals surface area contributed by atoms with E-state index in [0.29, 0.717) is 11.6 Å². The normalized spacial score (nSPS) is 28.5. The highest BCUT2D eigenvalue weighted by Crippen LogP contribution is 2.41. The van der Waals surface area contributed by atoms with Crippen LogP contribution in [0, 0.1) is 17.6 Å². The van der Waals surface area contributed by atoms with E-state index < -0.39 is 0 Å². The molecule has 2 aliphatic rings. The first kappa shape index (κ1) is 11.9. The molecule has 4 heteroatoms. The quantitative estimate of drug-likeness (QED) is 0.870. The third-order valence-electron chi connectivity index (χ3n) is 4.16. The molecule has 18 heavy (non-hydrogen) atoms. The summed E-state index contributed by atoms with van der Waals surface area (Å²) < 4.78 is 27.1. The van der Waals surface area contributed by atoms with Crippen LogP contribution in [-0.2, 0) is 0 Å².